The molecule has 42 heavy (non-hydrogen) atoms. The molecule has 0 bridgehead atoms. The van der Waals surface area contributed by atoms with Gasteiger partial charge in [0.2, 0.25) is 0 Å². The molecule has 9 nitrogen and oxygen atoms in total. The van der Waals surface area contributed by atoms with Crippen molar-refractivity contribution in [1.82, 2.24) is 14.5 Å². The number of imidazole rings is 1. The molecule has 2 unspecified atom stereocenters. The number of rotatable bonds is 4. The minimum Gasteiger partial charge on any atom is -0.485 e. The van der Waals surface area contributed by atoms with E-state index in [4.69, 9.17) is 30.8 Å². The Labute approximate surface area is 246 Å². The zero-order valence-corrected chi connectivity index (χ0v) is 23.3. The maximum atomic E-state index is 14.8. The number of halogens is 2. The van der Waals surface area contributed by atoms with Crippen LogP contribution in [0.5, 0.6) is 11.5 Å². The van der Waals surface area contributed by atoms with Crippen LogP contribution in [0.3, 0.4) is 0 Å². The molecule has 0 aliphatic carbocycles. The third kappa shape index (κ3) is 4.11. The molecule has 1 N–H and O–H groups in total. The van der Waals surface area contributed by atoms with E-state index in [0.29, 0.717) is 41.8 Å². The fourth-order valence-electron chi connectivity index (χ4n) is 6.84. The van der Waals surface area contributed by atoms with Crippen molar-refractivity contribution in [3.63, 3.8) is 0 Å². The molecule has 1 aromatic heterocycles. The van der Waals surface area contributed by atoms with E-state index < -0.39 is 17.9 Å². The number of carboxylic acids is 1. The molecule has 2 fully saturated rings. The van der Waals surface area contributed by atoms with Gasteiger partial charge < -0.3 is 28.8 Å². The van der Waals surface area contributed by atoms with Crippen molar-refractivity contribution in [3.05, 3.63) is 82.4 Å². The van der Waals surface area contributed by atoms with Gasteiger partial charge in [-0.25, -0.2) is 14.2 Å². The third-order valence-corrected chi connectivity index (χ3v) is 9.19. The van der Waals surface area contributed by atoms with Crippen LogP contribution in [-0.2, 0) is 11.3 Å². The van der Waals surface area contributed by atoms with Crippen LogP contribution >= 0.6 is 11.6 Å². The van der Waals surface area contributed by atoms with E-state index >= 15 is 0 Å². The van der Waals surface area contributed by atoms with Crippen molar-refractivity contribution in [2.45, 2.75) is 37.3 Å². The average molecular weight is 591 g/mol. The number of hydrogen-bond donors (Lipinski definition) is 1. The summed E-state index contributed by atoms with van der Waals surface area (Å²) in [6.07, 6.45) is 0.328. The van der Waals surface area contributed by atoms with Gasteiger partial charge in [-0.15, -0.1) is 0 Å². The maximum Gasteiger partial charge on any atom is 0.335 e. The SMILES string of the molecule is O=C(O)c1ccc2nc3n(c2c1)C([C@@H]1CCO1)[C@H]1CN(c2cccc4c2OC(c2ccc(Cl)cc2F)CO4)CCN1C3. The molecule has 0 radical (unpaired) electrons. The lowest BCUT2D eigenvalue weighted by atomic mass is 9.91. The number of carboxylic acid groups (broad SMARTS) is 1. The van der Waals surface area contributed by atoms with Gasteiger partial charge in [0.15, 0.2) is 17.6 Å². The lowest BCUT2D eigenvalue weighted by Crippen LogP contribution is -2.61. The van der Waals surface area contributed by atoms with Gasteiger partial charge in [-0.1, -0.05) is 23.7 Å². The second-order valence-electron chi connectivity index (χ2n) is 11.3. The maximum absolute atomic E-state index is 14.8. The van der Waals surface area contributed by atoms with Crippen LogP contribution in [0.4, 0.5) is 10.1 Å². The molecular weight excluding hydrogens is 563 g/mol. The van der Waals surface area contributed by atoms with E-state index in [2.05, 4.69) is 14.4 Å². The molecule has 0 saturated carbocycles. The second kappa shape index (κ2) is 9.86. The van der Waals surface area contributed by atoms with Gasteiger partial charge in [0, 0.05) is 36.8 Å². The molecule has 216 valence electrons. The van der Waals surface area contributed by atoms with Gasteiger partial charge in [0.1, 0.15) is 18.2 Å². The number of carbonyl (C=O) groups is 1. The molecule has 3 aromatic carbocycles. The Kier molecular flexibility index (Phi) is 6.06. The summed E-state index contributed by atoms with van der Waals surface area (Å²) in [5.74, 6) is 0.777. The van der Waals surface area contributed by atoms with E-state index in [1.54, 1.807) is 30.3 Å². The number of para-hydroxylation sites is 1. The van der Waals surface area contributed by atoms with Crippen LogP contribution in [0.15, 0.2) is 54.6 Å². The Morgan fingerprint density at radius 2 is 2.00 bits per heavy atom. The zero-order chi connectivity index (χ0) is 28.5. The Hall–Kier alpha value is -3.86. The summed E-state index contributed by atoms with van der Waals surface area (Å²) < 4.78 is 35.6. The highest BCUT2D eigenvalue weighted by Crippen LogP contribution is 2.46. The number of benzene rings is 3. The molecule has 2 saturated heterocycles. The highest BCUT2D eigenvalue weighted by atomic mass is 35.5. The summed E-state index contributed by atoms with van der Waals surface area (Å²) in [4.78, 5) is 21.5. The monoisotopic (exact) mass is 590 g/mol. The van der Waals surface area contributed by atoms with Crippen LogP contribution in [0.1, 0.15) is 40.3 Å². The highest BCUT2D eigenvalue weighted by molar-refractivity contribution is 6.30. The van der Waals surface area contributed by atoms with Crippen LogP contribution in [0, 0.1) is 5.82 Å². The molecule has 4 aliphatic heterocycles. The normalized spacial score (nSPS) is 25.0. The molecule has 0 spiro atoms. The van der Waals surface area contributed by atoms with Crippen molar-refractivity contribution in [3.8, 4) is 11.5 Å². The number of fused-ring (bicyclic) bond motifs is 5. The number of anilines is 1. The molecule has 4 aromatic rings. The predicted octanol–water partition coefficient (Wildman–Crippen LogP) is 5.07. The molecule has 5 heterocycles. The molecule has 11 heteroatoms. The van der Waals surface area contributed by atoms with Gasteiger partial charge in [-0.05, 0) is 48.9 Å². The predicted molar refractivity (Wildman–Crippen MR) is 153 cm³/mol. The molecule has 4 aliphatic rings. The summed E-state index contributed by atoms with van der Waals surface area (Å²) in [7, 11) is 0. The lowest BCUT2D eigenvalue weighted by molar-refractivity contribution is -0.107. The summed E-state index contributed by atoms with van der Waals surface area (Å²) in [5.41, 5.74) is 3.15. The minimum atomic E-state index is -0.960. The average Bonchev–Trinajstić information content (AvgIpc) is 3.32. The van der Waals surface area contributed by atoms with Gasteiger partial charge in [0.05, 0.1) is 47.0 Å². The van der Waals surface area contributed by atoms with Crippen LogP contribution in [-0.4, -0.2) is 70.5 Å². The Balaban J connectivity index is 1.14. The van der Waals surface area contributed by atoms with E-state index in [0.717, 1.165) is 42.1 Å². The van der Waals surface area contributed by atoms with E-state index in [9.17, 15) is 14.3 Å². The first-order valence-corrected chi connectivity index (χ1v) is 14.5. The number of piperazine rings is 1. The quantitative estimate of drug-likeness (QED) is 0.352. The van der Waals surface area contributed by atoms with Crippen molar-refractivity contribution in [1.29, 1.82) is 0 Å². The summed E-state index contributed by atoms with van der Waals surface area (Å²) in [6.45, 7) is 3.84. The third-order valence-electron chi connectivity index (χ3n) is 8.95. The number of hydrogen-bond acceptors (Lipinski definition) is 7. The number of aromatic nitrogens is 2. The largest absolute Gasteiger partial charge is 0.485 e. The molecule has 4 atom stereocenters. The van der Waals surface area contributed by atoms with E-state index in [1.807, 2.05) is 18.2 Å². The minimum absolute atomic E-state index is 0.00363. The van der Waals surface area contributed by atoms with Crippen LogP contribution < -0.4 is 14.4 Å². The fraction of sp³-hybridized carbons (Fsp3) is 0.355. The van der Waals surface area contributed by atoms with Gasteiger partial charge in [-0.3, -0.25) is 4.90 Å². The number of nitrogens with zero attached hydrogens (tertiary/aromatic N) is 4. The number of ether oxygens (including phenoxy) is 3. The van der Waals surface area contributed by atoms with Crippen LogP contribution in [0.25, 0.3) is 11.0 Å². The molecular formula is C31H28ClFN4O5. The first-order chi connectivity index (χ1) is 20.4. The summed E-state index contributed by atoms with van der Waals surface area (Å²) in [5, 5.41) is 10.00. The van der Waals surface area contributed by atoms with Gasteiger partial charge >= 0.3 is 5.97 Å². The molecule has 0 amide bonds. The van der Waals surface area contributed by atoms with Crippen LogP contribution in [0.2, 0.25) is 5.02 Å². The lowest BCUT2D eigenvalue weighted by Gasteiger charge is -2.52. The Morgan fingerprint density at radius 1 is 1.12 bits per heavy atom. The van der Waals surface area contributed by atoms with E-state index in [1.165, 1.54) is 6.07 Å². The molecule has 8 rings (SSSR count). The summed E-state index contributed by atoms with van der Waals surface area (Å²) >= 11 is 5.98. The van der Waals surface area contributed by atoms with Crippen molar-refractivity contribution < 1.29 is 28.5 Å². The topological polar surface area (TPSA) is 89.3 Å². The smallest absolute Gasteiger partial charge is 0.335 e. The van der Waals surface area contributed by atoms with Crippen molar-refractivity contribution in [2.24, 2.45) is 0 Å². The van der Waals surface area contributed by atoms with Crippen molar-refractivity contribution >= 4 is 34.3 Å². The first-order valence-electron chi connectivity index (χ1n) is 14.2. The van der Waals surface area contributed by atoms with Gasteiger partial charge in [-0.2, -0.15) is 0 Å². The van der Waals surface area contributed by atoms with Gasteiger partial charge in [0.25, 0.3) is 0 Å². The van der Waals surface area contributed by atoms with E-state index in [-0.39, 0.29) is 30.4 Å². The fourth-order valence-corrected chi connectivity index (χ4v) is 7.00. The highest BCUT2D eigenvalue weighted by Gasteiger charge is 2.46. The Bertz CT molecular complexity index is 1730. The zero-order valence-electron chi connectivity index (χ0n) is 22.6. The van der Waals surface area contributed by atoms with Crippen molar-refractivity contribution in [2.75, 3.05) is 37.7 Å². The standard InChI is InChI=1S/C31H28ClFN4O5/c32-18-5-6-19(20(33)13-18)27-16-41-26-3-1-2-22(30(26)42-27)35-9-10-36-15-28-34-21-7-4-17(31(38)39)12-23(21)37(28)29(24(36)14-35)25-8-11-40-25/h1-7,12-13,24-25,27,29H,8-11,14-16H2,(H,38,39)/t24-,25+,27?,29?/m1/s1. The second-order valence-corrected chi connectivity index (χ2v) is 11.7. The number of aromatic carboxylic acids is 1. The summed E-state index contributed by atoms with van der Waals surface area (Å²) in [6, 6.07) is 15.6. The first kappa shape index (κ1) is 25.8. The Morgan fingerprint density at radius 3 is 2.79 bits per heavy atom.